The second-order valence-corrected chi connectivity index (χ2v) is 7.41. The summed E-state index contributed by atoms with van der Waals surface area (Å²) in [4.78, 5) is 28.7. The minimum atomic E-state index is -0.936. The van der Waals surface area contributed by atoms with Crippen LogP contribution in [0.1, 0.15) is 45.4 Å². The van der Waals surface area contributed by atoms with Gasteiger partial charge in [0.1, 0.15) is 17.2 Å². The van der Waals surface area contributed by atoms with Gasteiger partial charge in [-0.1, -0.05) is 6.92 Å². The number of carbonyl (C=O) groups is 2. The van der Waals surface area contributed by atoms with E-state index >= 15 is 0 Å². The third kappa shape index (κ3) is 4.02. The zero-order valence-electron chi connectivity index (χ0n) is 15.9. The molecule has 1 aromatic heterocycles. The fraction of sp³-hybridized carbons (Fsp3) is 0.450. The number of carbonyl (C=O) groups excluding carboxylic acids is 2. The number of hydrogen-bond donors (Lipinski definition) is 2. The molecule has 1 fully saturated rings. The predicted octanol–water partition coefficient (Wildman–Crippen LogP) is 3.34. The number of rotatable bonds is 4. The van der Waals surface area contributed by atoms with E-state index in [0.717, 1.165) is 12.8 Å². The van der Waals surface area contributed by atoms with E-state index in [4.69, 9.17) is 0 Å². The van der Waals surface area contributed by atoms with Crippen molar-refractivity contribution in [3.63, 3.8) is 0 Å². The second kappa shape index (κ2) is 7.50. The average Bonchev–Trinajstić information content (AvgIpc) is 3.02. The van der Waals surface area contributed by atoms with Gasteiger partial charge in [-0.05, 0) is 56.7 Å². The zero-order chi connectivity index (χ0) is 19.6. The molecule has 1 aliphatic rings. The van der Waals surface area contributed by atoms with Crippen molar-refractivity contribution in [1.29, 1.82) is 0 Å². The molecule has 0 aliphatic heterocycles. The molecule has 2 aromatic rings. The molecule has 1 saturated carbocycles. The molecule has 1 aliphatic carbocycles. The van der Waals surface area contributed by atoms with Crippen molar-refractivity contribution in [3.8, 4) is 5.69 Å². The van der Waals surface area contributed by atoms with Gasteiger partial charge in [-0.3, -0.25) is 9.59 Å². The summed E-state index contributed by atoms with van der Waals surface area (Å²) < 4.78 is 16.2. The Kier molecular flexibility index (Phi) is 5.30. The molecule has 0 spiro atoms. The number of anilines is 1. The van der Waals surface area contributed by atoms with Crippen LogP contribution in [0.5, 0.6) is 0 Å². The molecule has 1 aromatic carbocycles. The van der Waals surface area contributed by atoms with E-state index in [9.17, 15) is 14.0 Å². The Morgan fingerprint density at radius 3 is 2.56 bits per heavy atom. The Bertz CT molecular complexity index is 853. The number of halogens is 1. The summed E-state index contributed by atoms with van der Waals surface area (Å²) in [6, 6.07) is 4.55. The van der Waals surface area contributed by atoms with Crippen LogP contribution in [0, 0.1) is 18.7 Å². The average molecular weight is 372 g/mol. The van der Waals surface area contributed by atoms with Gasteiger partial charge in [-0.2, -0.15) is 0 Å². The first-order valence-corrected chi connectivity index (χ1v) is 9.21. The van der Waals surface area contributed by atoms with E-state index in [2.05, 4.69) is 22.5 Å². The molecule has 27 heavy (non-hydrogen) atoms. The summed E-state index contributed by atoms with van der Waals surface area (Å²) in [5.41, 5.74) is -0.206. The molecule has 0 atom stereocenters. The van der Waals surface area contributed by atoms with E-state index in [1.54, 1.807) is 36.0 Å². The van der Waals surface area contributed by atoms with Gasteiger partial charge in [0.15, 0.2) is 0 Å². The summed E-state index contributed by atoms with van der Waals surface area (Å²) in [6.07, 6.45) is 6.16. The normalized spacial score (nSPS) is 22.3. The standard InChI is InChI=1S/C20H25FN4O2/c1-13-6-8-20(9-7-13,24-15(3)26)19(27)23-16-4-5-18(17(21)12-16)25-11-10-22-14(25)2/h4-5,10-13H,6-9H2,1-3H3,(H,23,27)(H,24,26). The van der Waals surface area contributed by atoms with Crippen LogP contribution in [0.3, 0.4) is 0 Å². The van der Waals surface area contributed by atoms with Crippen molar-refractivity contribution in [2.45, 2.75) is 52.0 Å². The quantitative estimate of drug-likeness (QED) is 0.864. The number of nitrogens with one attached hydrogen (secondary N) is 2. The zero-order valence-corrected chi connectivity index (χ0v) is 15.9. The van der Waals surface area contributed by atoms with Crippen LogP contribution in [-0.2, 0) is 9.59 Å². The highest BCUT2D eigenvalue weighted by atomic mass is 19.1. The topological polar surface area (TPSA) is 76.0 Å². The Balaban J connectivity index is 1.81. The first kappa shape index (κ1) is 19.1. The fourth-order valence-corrected chi connectivity index (χ4v) is 3.66. The van der Waals surface area contributed by atoms with Crippen molar-refractivity contribution in [2.24, 2.45) is 5.92 Å². The highest BCUT2D eigenvalue weighted by Gasteiger charge is 2.41. The Morgan fingerprint density at radius 2 is 2.00 bits per heavy atom. The SMILES string of the molecule is CC(=O)NC1(C(=O)Nc2ccc(-n3ccnc3C)c(F)c2)CCC(C)CC1. The molecule has 0 radical (unpaired) electrons. The third-order valence-corrected chi connectivity index (χ3v) is 5.27. The molecular formula is C20H25FN4O2. The van der Waals surface area contributed by atoms with E-state index in [1.807, 2.05) is 0 Å². The van der Waals surface area contributed by atoms with Crippen LogP contribution in [0.4, 0.5) is 10.1 Å². The minimum Gasteiger partial charge on any atom is -0.342 e. The molecule has 3 rings (SSSR count). The van der Waals surface area contributed by atoms with Gasteiger partial charge < -0.3 is 15.2 Å². The maximum atomic E-state index is 14.6. The molecule has 2 amide bonds. The number of aromatic nitrogens is 2. The van der Waals surface area contributed by atoms with E-state index < -0.39 is 11.4 Å². The molecule has 0 unspecified atom stereocenters. The Hall–Kier alpha value is -2.70. The fourth-order valence-electron chi connectivity index (χ4n) is 3.66. The molecule has 2 N–H and O–H groups in total. The molecule has 144 valence electrons. The lowest BCUT2D eigenvalue weighted by Crippen LogP contribution is -2.58. The highest BCUT2D eigenvalue weighted by Crippen LogP contribution is 2.33. The highest BCUT2D eigenvalue weighted by molar-refractivity contribution is 6.00. The lowest BCUT2D eigenvalue weighted by molar-refractivity contribution is -0.131. The lowest BCUT2D eigenvalue weighted by Gasteiger charge is -2.38. The molecule has 0 saturated heterocycles. The smallest absolute Gasteiger partial charge is 0.250 e. The number of benzene rings is 1. The molecule has 7 heteroatoms. The molecular weight excluding hydrogens is 347 g/mol. The number of imidazole rings is 1. The lowest BCUT2D eigenvalue weighted by atomic mass is 9.76. The minimum absolute atomic E-state index is 0.239. The van der Waals surface area contributed by atoms with Crippen LogP contribution in [-0.4, -0.2) is 26.9 Å². The van der Waals surface area contributed by atoms with Crippen LogP contribution in [0.2, 0.25) is 0 Å². The van der Waals surface area contributed by atoms with Gasteiger partial charge in [0.25, 0.3) is 0 Å². The van der Waals surface area contributed by atoms with Gasteiger partial charge >= 0.3 is 0 Å². The van der Waals surface area contributed by atoms with E-state index in [0.29, 0.717) is 36.0 Å². The van der Waals surface area contributed by atoms with Crippen LogP contribution in [0.25, 0.3) is 5.69 Å². The van der Waals surface area contributed by atoms with E-state index in [1.165, 1.54) is 13.0 Å². The van der Waals surface area contributed by atoms with Crippen LogP contribution in [0.15, 0.2) is 30.6 Å². The van der Waals surface area contributed by atoms with Gasteiger partial charge in [0, 0.05) is 25.0 Å². The molecule has 0 bridgehead atoms. The Labute approximate surface area is 158 Å². The first-order chi connectivity index (χ1) is 12.8. The summed E-state index contributed by atoms with van der Waals surface area (Å²) in [5, 5.41) is 5.62. The van der Waals surface area contributed by atoms with Crippen molar-refractivity contribution in [1.82, 2.24) is 14.9 Å². The van der Waals surface area contributed by atoms with Crippen molar-refractivity contribution in [3.05, 3.63) is 42.2 Å². The van der Waals surface area contributed by atoms with Crippen LogP contribution < -0.4 is 10.6 Å². The van der Waals surface area contributed by atoms with E-state index in [-0.39, 0.29) is 11.8 Å². The van der Waals surface area contributed by atoms with Crippen LogP contribution >= 0.6 is 0 Å². The summed E-state index contributed by atoms with van der Waals surface area (Å²) in [5.74, 6) is 0.202. The summed E-state index contributed by atoms with van der Waals surface area (Å²) in [7, 11) is 0. The first-order valence-electron chi connectivity index (χ1n) is 9.21. The maximum absolute atomic E-state index is 14.6. The van der Waals surface area contributed by atoms with Crippen molar-refractivity contribution < 1.29 is 14.0 Å². The largest absolute Gasteiger partial charge is 0.342 e. The Morgan fingerprint density at radius 1 is 1.30 bits per heavy atom. The third-order valence-electron chi connectivity index (χ3n) is 5.27. The number of hydrogen-bond acceptors (Lipinski definition) is 3. The van der Waals surface area contributed by atoms with Gasteiger partial charge in [0.05, 0.1) is 5.69 Å². The van der Waals surface area contributed by atoms with Crippen molar-refractivity contribution >= 4 is 17.5 Å². The van der Waals surface area contributed by atoms with Gasteiger partial charge in [-0.15, -0.1) is 0 Å². The second-order valence-electron chi connectivity index (χ2n) is 7.41. The maximum Gasteiger partial charge on any atom is 0.250 e. The number of nitrogens with zero attached hydrogens (tertiary/aromatic N) is 2. The number of amides is 2. The van der Waals surface area contributed by atoms with Crippen molar-refractivity contribution in [2.75, 3.05) is 5.32 Å². The molecule has 6 nitrogen and oxygen atoms in total. The van der Waals surface area contributed by atoms with Gasteiger partial charge in [-0.25, -0.2) is 9.37 Å². The van der Waals surface area contributed by atoms with Gasteiger partial charge in [0.2, 0.25) is 11.8 Å². The predicted molar refractivity (Wildman–Crippen MR) is 101 cm³/mol. The molecule has 1 heterocycles. The number of aryl methyl sites for hydroxylation is 1. The monoisotopic (exact) mass is 372 g/mol. The summed E-state index contributed by atoms with van der Waals surface area (Å²) >= 11 is 0. The summed E-state index contributed by atoms with van der Waals surface area (Å²) in [6.45, 7) is 5.34.